The van der Waals surface area contributed by atoms with Crippen LogP contribution in [0.3, 0.4) is 0 Å². The SMILES string of the molecule is Cc1cnnc(NCCCCCCl)c1. The van der Waals surface area contributed by atoms with Crippen molar-refractivity contribution in [3.63, 3.8) is 0 Å². The van der Waals surface area contributed by atoms with Gasteiger partial charge < -0.3 is 5.32 Å². The normalized spacial score (nSPS) is 10.1. The minimum absolute atomic E-state index is 0.754. The highest BCUT2D eigenvalue weighted by Crippen LogP contribution is 2.04. The average molecular weight is 214 g/mol. The zero-order valence-electron chi connectivity index (χ0n) is 8.46. The van der Waals surface area contributed by atoms with Crippen molar-refractivity contribution in [1.29, 1.82) is 0 Å². The summed E-state index contributed by atoms with van der Waals surface area (Å²) in [5.41, 5.74) is 1.13. The van der Waals surface area contributed by atoms with Crippen molar-refractivity contribution in [3.05, 3.63) is 17.8 Å². The Morgan fingerprint density at radius 1 is 1.36 bits per heavy atom. The van der Waals surface area contributed by atoms with Crippen LogP contribution in [0.25, 0.3) is 0 Å². The molecule has 0 saturated carbocycles. The van der Waals surface area contributed by atoms with E-state index in [1.54, 1.807) is 6.20 Å². The quantitative estimate of drug-likeness (QED) is 0.583. The predicted molar refractivity (Wildman–Crippen MR) is 59.8 cm³/mol. The number of anilines is 1. The molecule has 1 rings (SSSR count). The summed E-state index contributed by atoms with van der Waals surface area (Å²) >= 11 is 5.58. The highest BCUT2D eigenvalue weighted by atomic mass is 35.5. The summed E-state index contributed by atoms with van der Waals surface area (Å²) in [6, 6.07) is 1.99. The van der Waals surface area contributed by atoms with Crippen LogP contribution in [0.5, 0.6) is 0 Å². The van der Waals surface area contributed by atoms with Gasteiger partial charge in [-0.25, -0.2) is 0 Å². The molecular formula is C10H16ClN3. The maximum absolute atomic E-state index is 5.58. The van der Waals surface area contributed by atoms with Crippen molar-refractivity contribution in [3.8, 4) is 0 Å². The summed E-state index contributed by atoms with van der Waals surface area (Å²) in [6.45, 7) is 2.95. The highest BCUT2D eigenvalue weighted by molar-refractivity contribution is 6.17. The third-order valence-electron chi connectivity index (χ3n) is 1.91. The van der Waals surface area contributed by atoms with Gasteiger partial charge in [-0.1, -0.05) is 6.42 Å². The molecule has 0 aliphatic heterocycles. The van der Waals surface area contributed by atoms with Gasteiger partial charge in [-0.2, -0.15) is 5.10 Å². The zero-order chi connectivity index (χ0) is 10.2. The molecule has 0 unspecified atom stereocenters. The first-order valence-electron chi connectivity index (χ1n) is 4.92. The fourth-order valence-corrected chi connectivity index (χ4v) is 1.35. The number of hydrogen-bond acceptors (Lipinski definition) is 3. The molecule has 1 aromatic rings. The standard InChI is InChI=1S/C10H16ClN3/c1-9-7-10(14-13-8-9)12-6-4-2-3-5-11/h7-8H,2-6H2,1H3,(H,12,14). The number of nitrogens with one attached hydrogen (secondary N) is 1. The van der Waals surface area contributed by atoms with Crippen LogP contribution in [-0.2, 0) is 0 Å². The van der Waals surface area contributed by atoms with Gasteiger partial charge in [-0.3, -0.25) is 0 Å². The number of unbranched alkanes of at least 4 members (excludes halogenated alkanes) is 2. The fourth-order valence-electron chi connectivity index (χ4n) is 1.16. The Bertz CT molecular complexity index is 265. The molecule has 0 radical (unpaired) electrons. The van der Waals surface area contributed by atoms with E-state index in [-0.39, 0.29) is 0 Å². The average Bonchev–Trinajstić information content (AvgIpc) is 2.18. The number of nitrogens with zero attached hydrogens (tertiary/aromatic N) is 2. The van der Waals surface area contributed by atoms with Crippen molar-refractivity contribution in [2.24, 2.45) is 0 Å². The van der Waals surface area contributed by atoms with Crippen LogP contribution in [-0.4, -0.2) is 22.6 Å². The first-order valence-corrected chi connectivity index (χ1v) is 5.45. The van der Waals surface area contributed by atoms with Crippen LogP contribution >= 0.6 is 11.6 Å². The fraction of sp³-hybridized carbons (Fsp3) is 0.600. The van der Waals surface area contributed by atoms with Crippen LogP contribution in [0.2, 0.25) is 0 Å². The lowest BCUT2D eigenvalue weighted by molar-refractivity contribution is 0.744. The van der Waals surface area contributed by atoms with Crippen molar-refractivity contribution >= 4 is 17.4 Å². The highest BCUT2D eigenvalue weighted by Gasteiger charge is 1.94. The number of aryl methyl sites for hydroxylation is 1. The van der Waals surface area contributed by atoms with Gasteiger partial charge in [0.2, 0.25) is 0 Å². The Labute approximate surface area is 89.9 Å². The molecule has 0 spiro atoms. The molecule has 0 fully saturated rings. The second-order valence-corrected chi connectivity index (χ2v) is 3.67. The molecule has 14 heavy (non-hydrogen) atoms. The first kappa shape index (κ1) is 11.2. The molecule has 0 saturated heterocycles. The van der Waals surface area contributed by atoms with Crippen molar-refractivity contribution in [2.45, 2.75) is 26.2 Å². The summed E-state index contributed by atoms with van der Waals surface area (Å²) in [6.07, 6.45) is 5.12. The van der Waals surface area contributed by atoms with Crippen LogP contribution < -0.4 is 5.32 Å². The van der Waals surface area contributed by atoms with Crippen molar-refractivity contribution in [2.75, 3.05) is 17.7 Å². The number of hydrogen-bond donors (Lipinski definition) is 1. The van der Waals surface area contributed by atoms with Gasteiger partial charge in [-0.05, 0) is 31.4 Å². The summed E-state index contributed by atoms with van der Waals surface area (Å²) < 4.78 is 0. The number of aromatic nitrogens is 2. The molecule has 0 amide bonds. The third-order valence-corrected chi connectivity index (χ3v) is 2.18. The van der Waals surface area contributed by atoms with E-state index in [9.17, 15) is 0 Å². The minimum Gasteiger partial charge on any atom is -0.369 e. The lowest BCUT2D eigenvalue weighted by Crippen LogP contribution is -2.04. The third kappa shape index (κ3) is 4.42. The van der Waals surface area contributed by atoms with E-state index < -0.39 is 0 Å². The molecule has 1 N–H and O–H groups in total. The van der Waals surface area contributed by atoms with Crippen LogP contribution in [0, 0.1) is 6.92 Å². The van der Waals surface area contributed by atoms with E-state index in [1.807, 2.05) is 13.0 Å². The summed E-state index contributed by atoms with van der Waals surface area (Å²) in [5, 5.41) is 11.1. The van der Waals surface area contributed by atoms with Gasteiger partial charge in [0.1, 0.15) is 5.82 Å². The van der Waals surface area contributed by atoms with E-state index in [0.29, 0.717) is 0 Å². The summed E-state index contributed by atoms with van der Waals surface area (Å²) in [4.78, 5) is 0. The van der Waals surface area contributed by atoms with Gasteiger partial charge in [0.15, 0.2) is 0 Å². The first-order chi connectivity index (χ1) is 6.83. The Balaban J connectivity index is 2.18. The van der Waals surface area contributed by atoms with Crippen LogP contribution in [0.4, 0.5) is 5.82 Å². The van der Waals surface area contributed by atoms with E-state index in [0.717, 1.165) is 43.1 Å². The number of rotatable bonds is 6. The largest absolute Gasteiger partial charge is 0.369 e. The molecule has 0 aliphatic carbocycles. The molecule has 3 nitrogen and oxygen atoms in total. The summed E-state index contributed by atoms with van der Waals surface area (Å²) in [5.74, 6) is 1.61. The van der Waals surface area contributed by atoms with Gasteiger partial charge in [0, 0.05) is 12.4 Å². The Hall–Kier alpha value is -0.830. The van der Waals surface area contributed by atoms with Gasteiger partial charge in [0.25, 0.3) is 0 Å². The molecule has 1 aromatic heterocycles. The lowest BCUT2D eigenvalue weighted by Gasteiger charge is -2.04. The van der Waals surface area contributed by atoms with Crippen LogP contribution in [0.1, 0.15) is 24.8 Å². The molecular weight excluding hydrogens is 198 g/mol. The Kier molecular flexibility index (Phi) is 5.30. The Morgan fingerprint density at radius 3 is 2.93 bits per heavy atom. The minimum atomic E-state index is 0.754. The molecule has 4 heteroatoms. The summed E-state index contributed by atoms with van der Waals surface area (Å²) in [7, 11) is 0. The molecule has 0 aromatic carbocycles. The lowest BCUT2D eigenvalue weighted by atomic mass is 10.2. The van der Waals surface area contributed by atoms with E-state index >= 15 is 0 Å². The maximum atomic E-state index is 5.58. The topological polar surface area (TPSA) is 37.8 Å². The molecule has 1 heterocycles. The van der Waals surface area contributed by atoms with Gasteiger partial charge in [-0.15, -0.1) is 16.7 Å². The monoisotopic (exact) mass is 213 g/mol. The van der Waals surface area contributed by atoms with Gasteiger partial charge in [0.05, 0.1) is 6.20 Å². The second kappa shape index (κ2) is 6.60. The predicted octanol–water partition coefficient (Wildman–Crippen LogP) is 2.61. The van der Waals surface area contributed by atoms with E-state index in [1.165, 1.54) is 0 Å². The van der Waals surface area contributed by atoms with E-state index in [4.69, 9.17) is 11.6 Å². The number of alkyl halides is 1. The van der Waals surface area contributed by atoms with Crippen LogP contribution in [0.15, 0.2) is 12.3 Å². The maximum Gasteiger partial charge on any atom is 0.148 e. The van der Waals surface area contributed by atoms with Crippen molar-refractivity contribution < 1.29 is 0 Å². The van der Waals surface area contributed by atoms with E-state index in [2.05, 4.69) is 15.5 Å². The Morgan fingerprint density at radius 2 is 2.21 bits per heavy atom. The second-order valence-electron chi connectivity index (χ2n) is 3.29. The molecule has 0 aliphatic rings. The number of halogens is 1. The molecule has 78 valence electrons. The van der Waals surface area contributed by atoms with Gasteiger partial charge >= 0.3 is 0 Å². The molecule has 0 bridgehead atoms. The smallest absolute Gasteiger partial charge is 0.148 e. The molecule has 0 atom stereocenters. The van der Waals surface area contributed by atoms with Crippen molar-refractivity contribution in [1.82, 2.24) is 10.2 Å². The zero-order valence-corrected chi connectivity index (χ0v) is 9.22.